The fourth-order valence-corrected chi connectivity index (χ4v) is 2.31. The van der Waals surface area contributed by atoms with Crippen molar-refractivity contribution in [3.05, 3.63) is 59.2 Å². The summed E-state index contributed by atoms with van der Waals surface area (Å²) in [4.78, 5) is -0.555. The summed E-state index contributed by atoms with van der Waals surface area (Å²) in [5.41, 5.74) is 5.03. The number of rotatable bonds is 3. The molecule has 104 valence electrons. The highest BCUT2D eigenvalue weighted by Crippen LogP contribution is 2.34. The first-order valence-corrected chi connectivity index (χ1v) is 6.16. The van der Waals surface area contributed by atoms with Crippen LogP contribution in [0.4, 0.5) is 17.6 Å². The predicted octanol–water partition coefficient (Wildman–Crippen LogP) is 3.68. The number of hydrogen-bond acceptors (Lipinski definition) is 2. The lowest BCUT2D eigenvalue weighted by Gasteiger charge is -2.08. The van der Waals surface area contributed by atoms with Gasteiger partial charge in [0.05, 0.1) is 4.90 Å². The van der Waals surface area contributed by atoms with Crippen molar-refractivity contribution in [1.82, 2.24) is 0 Å². The third kappa shape index (κ3) is 2.93. The molecule has 0 atom stereocenters. The van der Waals surface area contributed by atoms with Crippen molar-refractivity contribution in [2.45, 2.75) is 9.79 Å². The van der Waals surface area contributed by atoms with E-state index < -0.39 is 34.0 Å². The minimum Gasteiger partial charge on any atom is -0.384 e. The van der Waals surface area contributed by atoms with Gasteiger partial charge in [0.15, 0.2) is 0 Å². The van der Waals surface area contributed by atoms with E-state index in [4.69, 9.17) is 11.1 Å². The molecule has 0 aliphatic rings. The zero-order valence-corrected chi connectivity index (χ0v) is 10.7. The van der Waals surface area contributed by atoms with Crippen molar-refractivity contribution in [3.63, 3.8) is 0 Å². The van der Waals surface area contributed by atoms with Gasteiger partial charge in [-0.05, 0) is 24.3 Å². The summed E-state index contributed by atoms with van der Waals surface area (Å²) < 4.78 is 53.7. The molecule has 0 bridgehead atoms. The van der Waals surface area contributed by atoms with Crippen molar-refractivity contribution in [2.75, 3.05) is 0 Å². The Bertz CT molecular complexity index is 665. The number of nitrogens with two attached hydrogens (primary N) is 1. The van der Waals surface area contributed by atoms with Crippen LogP contribution in [0.15, 0.2) is 40.1 Å². The minimum atomic E-state index is -0.969. The maximum absolute atomic E-state index is 13.8. The van der Waals surface area contributed by atoms with Crippen LogP contribution in [0.1, 0.15) is 5.56 Å². The van der Waals surface area contributed by atoms with Crippen molar-refractivity contribution in [1.29, 1.82) is 5.41 Å². The molecular weight excluding hydrogens is 292 g/mol. The Kier molecular flexibility index (Phi) is 3.99. The maximum Gasteiger partial charge on any atom is 0.140 e. The predicted molar refractivity (Wildman–Crippen MR) is 67.9 cm³/mol. The van der Waals surface area contributed by atoms with Crippen LogP contribution in [0.5, 0.6) is 0 Å². The van der Waals surface area contributed by atoms with Crippen LogP contribution in [0.3, 0.4) is 0 Å². The van der Waals surface area contributed by atoms with Gasteiger partial charge >= 0.3 is 0 Å². The number of amidine groups is 1. The summed E-state index contributed by atoms with van der Waals surface area (Å²) in [6, 6.07) is 4.48. The van der Waals surface area contributed by atoms with Crippen molar-refractivity contribution >= 4 is 17.6 Å². The van der Waals surface area contributed by atoms with Gasteiger partial charge in [-0.25, -0.2) is 17.6 Å². The van der Waals surface area contributed by atoms with Crippen molar-refractivity contribution in [2.24, 2.45) is 5.73 Å². The monoisotopic (exact) mass is 300 g/mol. The zero-order valence-electron chi connectivity index (χ0n) is 9.88. The molecule has 2 rings (SSSR count). The van der Waals surface area contributed by atoms with Crippen LogP contribution < -0.4 is 5.73 Å². The number of halogens is 4. The second-order valence-electron chi connectivity index (χ2n) is 3.86. The van der Waals surface area contributed by atoms with E-state index in [0.29, 0.717) is 17.8 Å². The van der Waals surface area contributed by atoms with Crippen molar-refractivity contribution < 1.29 is 17.6 Å². The van der Waals surface area contributed by atoms with E-state index in [1.54, 1.807) is 0 Å². The van der Waals surface area contributed by atoms with E-state index >= 15 is 0 Å². The molecule has 3 N–H and O–H groups in total. The Morgan fingerprint density at radius 3 is 2.05 bits per heavy atom. The summed E-state index contributed by atoms with van der Waals surface area (Å²) in [7, 11) is 0. The minimum absolute atomic E-state index is 0.107. The van der Waals surface area contributed by atoms with Gasteiger partial charge in [-0.3, -0.25) is 5.41 Å². The molecule has 0 saturated carbocycles. The van der Waals surface area contributed by atoms with E-state index in [9.17, 15) is 17.6 Å². The summed E-state index contributed by atoms with van der Waals surface area (Å²) in [6.45, 7) is 0. The van der Waals surface area contributed by atoms with Crippen LogP contribution >= 0.6 is 11.8 Å². The topological polar surface area (TPSA) is 49.9 Å². The largest absolute Gasteiger partial charge is 0.384 e. The highest BCUT2D eigenvalue weighted by Gasteiger charge is 2.16. The van der Waals surface area contributed by atoms with Crippen LogP contribution in [0.25, 0.3) is 0 Å². The fraction of sp³-hybridized carbons (Fsp3) is 0. The molecule has 0 aromatic heterocycles. The summed E-state index contributed by atoms with van der Waals surface area (Å²) >= 11 is 0.494. The molecule has 7 heteroatoms. The second kappa shape index (κ2) is 5.54. The molecule has 20 heavy (non-hydrogen) atoms. The summed E-state index contributed by atoms with van der Waals surface area (Å²) in [5.74, 6) is -4.11. The average molecular weight is 300 g/mol. The van der Waals surface area contributed by atoms with E-state index in [2.05, 4.69) is 0 Å². The molecule has 0 aliphatic heterocycles. The zero-order chi connectivity index (χ0) is 14.9. The smallest absolute Gasteiger partial charge is 0.140 e. The Morgan fingerprint density at radius 2 is 1.55 bits per heavy atom. The van der Waals surface area contributed by atoms with E-state index in [1.165, 1.54) is 0 Å². The highest BCUT2D eigenvalue weighted by atomic mass is 32.2. The molecule has 0 saturated heterocycles. The molecule has 2 aromatic carbocycles. The lowest BCUT2D eigenvalue weighted by Crippen LogP contribution is -2.12. The normalized spacial score (nSPS) is 10.6. The number of hydrogen-bond donors (Lipinski definition) is 2. The van der Waals surface area contributed by atoms with E-state index in [1.807, 2.05) is 0 Å². The Morgan fingerprint density at radius 1 is 0.950 bits per heavy atom. The lowest BCUT2D eigenvalue weighted by atomic mass is 10.2. The molecule has 0 fully saturated rings. The standard InChI is InChI=1S/C13H8F4N2S/c14-7-1-2-11(8(15)5-7)20-12-9(16)3-6(13(18)19)4-10(12)17/h1-5H,(H3,18,19). The van der Waals surface area contributed by atoms with Gasteiger partial charge in [-0.15, -0.1) is 0 Å². The number of nitrogen functional groups attached to an aromatic ring is 1. The van der Waals surface area contributed by atoms with Crippen LogP contribution in [0, 0.1) is 28.7 Å². The third-order valence-corrected chi connectivity index (χ3v) is 3.56. The summed E-state index contributed by atoms with van der Waals surface area (Å²) in [6.07, 6.45) is 0. The second-order valence-corrected chi connectivity index (χ2v) is 4.91. The highest BCUT2D eigenvalue weighted by molar-refractivity contribution is 7.99. The Labute approximate surface area is 116 Å². The molecule has 0 unspecified atom stereocenters. The number of nitrogens with one attached hydrogen (secondary N) is 1. The molecule has 0 heterocycles. The van der Waals surface area contributed by atoms with E-state index in [0.717, 1.165) is 24.3 Å². The molecule has 0 amide bonds. The number of benzene rings is 2. The van der Waals surface area contributed by atoms with Crippen molar-refractivity contribution in [3.8, 4) is 0 Å². The van der Waals surface area contributed by atoms with Gasteiger partial charge in [-0.1, -0.05) is 11.8 Å². The van der Waals surface area contributed by atoms with Gasteiger partial charge in [-0.2, -0.15) is 0 Å². The fourth-order valence-electron chi connectivity index (χ4n) is 1.48. The van der Waals surface area contributed by atoms with Gasteiger partial charge in [0.2, 0.25) is 0 Å². The molecule has 0 radical (unpaired) electrons. The average Bonchev–Trinajstić information content (AvgIpc) is 2.35. The first-order valence-electron chi connectivity index (χ1n) is 5.35. The molecule has 0 spiro atoms. The molecule has 0 aliphatic carbocycles. The summed E-state index contributed by atoms with van der Waals surface area (Å²) in [5, 5.41) is 7.11. The van der Waals surface area contributed by atoms with Gasteiger partial charge in [0.1, 0.15) is 29.1 Å². The van der Waals surface area contributed by atoms with E-state index in [-0.39, 0.29) is 10.5 Å². The quantitative estimate of drug-likeness (QED) is 0.516. The van der Waals surface area contributed by atoms with Crippen LogP contribution in [-0.2, 0) is 0 Å². The Hall–Kier alpha value is -2.02. The maximum atomic E-state index is 13.8. The van der Waals surface area contributed by atoms with Gasteiger partial charge in [0.25, 0.3) is 0 Å². The Balaban J connectivity index is 2.41. The third-order valence-electron chi connectivity index (χ3n) is 2.42. The van der Waals surface area contributed by atoms with Gasteiger partial charge in [0, 0.05) is 16.5 Å². The van der Waals surface area contributed by atoms with Crippen LogP contribution in [-0.4, -0.2) is 5.84 Å². The molecular formula is C13H8F4N2S. The first-order chi connectivity index (χ1) is 9.38. The molecule has 2 nitrogen and oxygen atoms in total. The van der Waals surface area contributed by atoms with Gasteiger partial charge < -0.3 is 5.73 Å². The van der Waals surface area contributed by atoms with Crippen LogP contribution in [0.2, 0.25) is 0 Å². The lowest BCUT2D eigenvalue weighted by molar-refractivity contribution is 0.538. The molecule has 2 aromatic rings. The SMILES string of the molecule is N=C(N)c1cc(F)c(Sc2ccc(F)cc2F)c(F)c1. The first kappa shape index (κ1) is 14.4.